The highest BCUT2D eigenvalue weighted by molar-refractivity contribution is 5.85. The van der Waals surface area contributed by atoms with Gasteiger partial charge in [-0.25, -0.2) is 9.97 Å². The van der Waals surface area contributed by atoms with Crippen LogP contribution >= 0.6 is 0 Å². The van der Waals surface area contributed by atoms with E-state index in [4.69, 9.17) is 19.4 Å². The van der Waals surface area contributed by atoms with Crippen molar-refractivity contribution in [3.63, 3.8) is 0 Å². The standard InChI is InChI=1S/C24H33N5O3/c1-24(2,32-17-10-8-16(31-5)9-11-17)23(30)29-13-6-7-20(29)22-26-19-15-28(4)14-12-18(19)21(25-3)27-22/h8-11,20H,6-7,12-15H2,1-5H3,(H,25,26,27)/t20-/m0/s1. The van der Waals surface area contributed by atoms with Crippen LogP contribution in [0.5, 0.6) is 11.5 Å². The Bertz CT molecular complexity index is 976. The molecule has 32 heavy (non-hydrogen) atoms. The van der Waals surface area contributed by atoms with Crippen LogP contribution < -0.4 is 14.8 Å². The third kappa shape index (κ3) is 4.37. The topological polar surface area (TPSA) is 79.8 Å². The highest BCUT2D eigenvalue weighted by atomic mass is 16.5. The molecule has 1 aromatic heterocycles. The maximum Gasteiger partial charge on any atom is 0.266 e. The normalized spacial score (nSPS) is 18.9. The molecule has 1 aromatic carbocycles. The van der Waals surface area contributed by atoms with Crippen LogP contribution in [-0.2, 0) is 17.8 Å². The molecule has 172 valence electrons. The fraction of sp³-hybridized carbons (Fsp3) is 0.542. The van der Waals surface area contributed by atoms with Gasteiger partial charge in [0.15, 0.2) is 11.4 Å². The first-order chi connectivity index (χ1) is 15.3. The van der Waals surface area contributed by atoms with Crippen molar-refractivity contribution >= 4 is 11.7 Å². The highest BCUT2D eigenvalue weighted by Crippen LogP contribution is 2.35. The van der Waals surface area contributed by atoms with Crippen molar-refractivity contribution in [1.29, 1.82) is 0 Å². The van der Waals surface area contributed by atoms with E-state index in [1.807, 2.05) is 50.1 Å². The molecular formula is C24H33N5O3. The number of amides is 1. The maximum atomic E-state index is 13.6. The number of methoxy groups -OCH3 is 1. The number of nitrogens with one attached hydrogen (secondary N) is 1. The van der Waals surface area contributed by atoms with E-state index in [0.29, 0.717) is 12.3 Å². The van der Waals surface area contributed by atoms with Crippen molar-refractivity contribution in [2.24, 2.45) is 0 Å². The summed E-state index contributed by atoms with van der Waals surface area (Å²) in [6.45, 7) is 6.10. The SMILES string of the molecule is CNc1nc([C@@H]2CCCN2C(=O)C(C)(C)Oc2ccc(OC)cc2)nc2c1CCN(C)C2. The minimum absolute atomic E-state index is 0.0553. The van der Waals surface area contributed by atoms with Crippen molar-refractivity contribution in [3.05, 3.63) is 41.3 Å². The Morgan fingerprint density at radius 3 is 2.56 bits per heavy atom. The summed E-state index contributed by atoms with van der Waals surface area (Å²) in [6, 6.07) is 7.14. The lowest BCUT2D eigenvalue weighted by molar-refractivity contribution is -0.146. The number of hydrogen-bond acceptors (Lipinski definition) is 7. The second kappa shape index (κ2) is 8.94. The minimum Gasteiger partial charge on any atom is -0.497 e. The van der Waals surface area contributed by atoms with Crippen molar-refractivity contribution in [3.8, 4) is 11.5 Å². The average molecular weight is 440 g/mol. The zero-order chi connectivity index (χ0) is 22.9. The van der Waals surface area contributed by atoms with Crippen LogP contribution in [0.1, 0.15) is 49.8 Å². The molecule has 0 radical (unpaired) electrons. The molecule has 0 bridgehead atoms. The van der Waals surface area contributed by atoms with Gasteiger partial charge in [-0.3, -0.25) is 4.79 Å². The third-order valence-electron chi connectivity index (χ3n) is 6.27. The number of likely N-dealkylation sites (tertiary alicyclic amines) is 1. The quantitative estimate of drug-likeness (QED) is 0.741. The van der Waals surface area contributed by atoms with Gasteiger partial charge in [0.1, 0.15) is 17.3 Å². The van der Waals surface area contributed by atoms with Gasteiger partial charge in [-0.15, -0.1) is 0 Å². The number of anilines is 1. The maximum absolute atomic E-state index is 13.6. The summed E-state index contributed by atoms with van der Waals surface area (Å²) in [5.74, 6) is 2.92. The van der Waals surface area contributed by atoms with Crippen molar-refractivity contribution in [1.82, 2.24) is 19.8 Å². The lowest BCUT2D eigenvalue weighted by atomic mass is 10.0. The molecule has 8 nitrogen and oxygen atoms in total. The van der Waals surface area contributed by atoms with Crippen molar-refractivity contribution < 1.29 is 14.3 Å². The number of fused-ring (bicyclic) bond motifs is 1. The van der Waals surface area contributed by atoms with E-state index >= 15 is 0 Å². The second-order valence-electron chi connectivity index (χ2n) is 9.04. The van der Waals surface area contributed by atoms with Crippen molar-refractivity contribution in [2.75, 3.05) is 39.6 Å². The fourth-order valence-corrected chi connectivity index (χ4v) is 4.54. The van der Waals surface area contributed by atoms with Gasteiger partial charge in [-0.05, 0) is 64.4 Å². The lowest BCUT2D eigenvalue weighted by Gasteiger charge is -2.33. The molecule has 8 heteroatoms. The first kappa shape index (κ1) is 22.3. The number of carbonyl (C=O) groups is 1. The monoisotopic (exact) mass is 439 g/mol. The number of likely N-dealkylation sites (N-methyl/N-ethyl adjacent to an activating group) is 1. The summed E-state index contributed by atoms with van der Waals surface area (Å²) >= 11 is 0. The smallest absolute Gasteiger partial charge is 0.266 e. The minimum atomic E-state index is -1.02. The molecule has 1 atom stereocenters. The number of ether oxygens (including phenoxy) is 2. The Morgan fingerprint density at radius 1 is 1.16 bits per heavy atom. The number of hydrogen-bond donors (Lipinski definition) is 1. The molecule has 1 amide bonds. The Balaban J connectivity index is 1.57. The van der Waals surface area contributed by atoms with Gasteiger partial charge in [0.05, 0.1) is 18.8 Å². The van der Waals surface area contributed by atoms with E-state index < -0.39 is 5.60 Å². The summed E-state index contributed by atoms with van der Waals surface area (Å²) in [4.78, 5) is 27.5. The molecule has 0 aliphatic carbocycles. The molecule has 1 saturated heterocycles. The van der Waals surface area contributed by atoms with Gasteiger partial charge in [-0.1, -0.05) is 0 Å². The second-order valence-corrected chi connectivity index (χ2v) is 9.04. The highest BCUT2D eigenvalue weighted by Gasteiger charge is 2.41. The van der Waals surface area contributed by atoms with E-state index in [1.165, 1.54) is 5.56 Å². The molecule has 1 fully saturated rings. The zero-order valence-corrected chi connectivity index (χ0v) is 19.6. The molecule has 4 rings (SSSR count). The number of nitrogens with zero attached hydrogens (tertiary/aromatic N) is 4. The summed E-state index contributed by atoms with van der Waals surface area (Å²) in [5, 5.41) is 3.24. The Kier molecular flexibility index (Phi) is 6.24. The predicted octanol–water partition coefficient (Wildman–Crippen LogP) is 3.04. The van der Waals surface area contributed by atoms with E-state index in [-0.39, 0.29) is 11.9 Å². The van der Waals surface area contributed by atoms with E-state index in [2.05, 4.69) is 17.3 Å². The Labute approximate surface area is 189 Å². The number of benzene rings is 1. The number of aromatic nitrogens is 2. The Hall–Kier alpha value is -2.87. The van der Waals surface area contributed by atoms with E-state index in [0.717, 1.165) is 55.4 Å². The fourth-order valence-electron chi connectivity index (χ4n) is 4.54. The summed E-state index contributed by atoms with van der Waals surface area (Å²) in [5.41, 5.74) is 1.23. The summed E-state index contributed by atoms with van der Waals surface area (Å²) in [6.07, 6.45) is 2.70. The van der Waals surface area contributed by atoms with Gasteiger partial charge in [0, 0.05) is 32.2 Å². The van der Waals surface area contributed by atoms with Gasteiger partial charge in [0.2, 0.25) is 0 Å². The summed E-state index contributed by atoms with van der Waals surface area (Å²) < 4.78 is 11.3. The van der Waals surface area contributed by atoms with Crippen LogP contribution in [0.3, 0.4) is 0 Å². The molecule has 0 unspecified atom stereocenters. The van der Waals surface area contributed by atoms with Crippen molar-refractivity contribution in [2.45, 2.75) is 51.3 Å². The van der Waals surface area contributed by atoms with E-state index in [9.17, 15) is 4.79 Å². The van der Waals surface area contributed by atoms with Crippen LogP contribution in [0.2, 0.25) is 0 Å². The van der Waals surface area contributed by atoms with Crippen LogP contribution in [0.25, 0.3) is 0 Å². The van der Waals surface area contributed by atoms with Crippen LogP contribution in [-0.4, -0.2) is 65.6 Å². The van der Waals surface area contributed by atoms with Gasteiger partial charge in [0.25, 0.3) is 5.91 Å². The van der Waals surface area contributed by atoms with Crippen LogP contribution in [0.4, 0.5) is 5.82 Å². The molecule has 0 saturated carbocycles. The number of carbonyl (C=O) groups excluding carboxylic acids is 1. The molecule has 2 aromatic rings. The van der Waals surface area contributed by atoms with Gasteiger partial charge in [-0.2, -0.15) is 0 Å². The van der Waals surface area contributed by atoms with E-state index in [1.54, 1.807) is 7.11 Å². The molecular weight excluding hydrogens is 406 g/mol. The van der Waals surface area contributed by atoms with Gasteiger partial charge >= 0.3 is 0 Å². The first-order valence-corrected chi connectivity index (χ1v) is 11.2. The first-order valence-electron chi connectivity index (χ1n) is 11.2. The average Bonchev–Trinajstić information content (AvgIpc) is 3.27. The van der Waals surface area contributed by atoms with Gasteiger partial charge < -0.3 is 24.6 Å². The number of rotatable bonds is 6. The molecule has 2 aliphatic heterocycles. The molecule has 0 spiro atoms. The predicted molar refractivity (Wildman–Crippen MR) is 123 cm³/mol. The molecule has 3 heterocycles. The molecule has 2 aliphatic rings. The molecule has 1 N–H and O–H groups in total. The lowest BCUT2D eigenvalue weighted by Crippen LogP contribution is -2.48. The van der Waals surface area contributed by atoms with Crippen LogP contribution in [0.15, 0.2) is 24.3 Å². The third-order valence-corrected chi connectivity index (χ3v) is 6.27. The Morgan fingerprint density at radius 2 is 1.88 bits per heavy atom. The van der Waals surface area contributed by atoms with Crippen LogP contribution in [0, 0.1) is 0 Å². The summed E-state index contributed by atoms with van der Waals surface area (Å²) in [7, 11) is 5.62. The zero-order valence-electron chi connectivity index (χ0n) is 19.6. The largest absolute Gasteiger partial charge is 0.497 e.